The van der Waals surface area contributed by atoms with Crippen LogP contribution in [0.2, 0.25) is 0 Å². The lowest BCUT2D eigenvalue weighted by Crippen LogP contribution is -2.22. The van der Waals surface area contributed by atoms with E-state index in [0.29, 0.717) is 21.9 Å². The highest BCUT2D eigenvalue weighted by molar-refractivity contribution is 9.10. The summed E-state index contributed by atoms with van der Waals surface area (Å²) in [6.07, 6.45) is 4.72. The van der Waals surface area contributed by atoms with E-state index in [4.69, 9.17) is 4.74 Å². The fraction of sp³-hybridized carbons (Fsp3) is 0.250. The number of benzene rings is 1. The average molecular weight is 433 g/mol. The summed E-state index contributed by atoms with van der Waals surface area (Å²) >= 11 is 3.33. The van der Waals surface area contributed by atoms with Crippen molar-refractivity contribution in [3.8, 4) is 5.75 Å². The molecule has 0 atom stereocenters. The van der Waals surface area contributed by atoms with Crippen molar-refractivity contribution < 1.29 is 14.7 Å². The van der Waals surface area contributed by atoms with E-state index in [0.717, 1.165) is 27.2 Å². The molecule has 0 amide bonds. The molecule has 6 nitrogen and oxygen atoms in total. The fourth-order valence-electron chi connectivity index (χ4n) is 2.49. The first-order valence-corrected chi connectivity index (χ1v) is 9.24. The largest absolute Gasteiger partial charge is 0.507 e. The van der Waals surface area contributed by atoms with Gasteiger partial charge in [-0.1, -0.05) is 35.5 Å². The topological polar surface area (TPSA) is 77.7 Å². The first kappa shape index (κ1) is 20.6. The lowest BCUT2D eigenvalue weighted by molar-refractivity contribution is -0.570. The highest BCUT2D eigenvalue weighted by Gasteiger charge is 2.15. The van der Waals surface area contributed by atoms with Crippen molar-refractivity contribution in [2.24, 2.45) is 5.10 Å². The van der Waals surface area contributed by atoms with Crippen LogP contribution in [0.1, 0.15) is 31.5 Å². The van der Waals surface area contributed by atoms with E-state index in [1.54, 1.807) is 26.2 Å². The van der Waals surface area contributed by atoms with Crippen molar-refractivity contribution in [2.75, 3.05) is 7.11 Å². The maximum absolute atomic E-state index is 12.2. The lowest BCUT2D eigenvalue weighted by atomic mass is 10.2. The molecule has 1 aromatic carbocycles. The van der Waals surface area contributed by atoms with Gasteiger partial charge in [-0.05, 0) is 43.7 Å². The van der Waals surface area contributed by atoms with Crippen LogP contribution in [0.4, 0.5) is 0 Å². The summed E-state index contributed by atoms with van der Waals surface area (Å²) in [5.74, 6) is 0.595. The second-order valence-corrected chi connectivity index (χ2v) is 6.86. The number of phenols is 1. The third-order valence-electron chi connectivity index (χ3n) is 3.87. The number of hydrogen-bond acceptors (Lipinski definition) is 3. The van der Waals surface area contributed by atoms with Crippen molar-refractivity contribution in [1.29, 1.82) is 0 Å². The third-order valence-corrected chi connectivity index (χ3v) is 4.36. The Balaban J connectivity index is 2.32. The fourth-order valence-corrected chi connectivity index (χ4v) is 2.90. The molecule has 0 unspecified atom stereocenters. The standard InChI is InChI=1S/C20H22BrN3O3/c1-5-6-18-15(9-13(2)27-4)11-19(22-18)14(3)23-24(26)12-16-10-17(21)7-8-20(16)25/h6-11,22H,2,5,12H2,1,3-4H3/p+1. The molecule has 1 heterocycles. The van der Waals surface area contributed by atoms with E-state index in [1.165, 1.54) is 6.07 Å². The second kappa shape index (κ2) is 9.32. The number of H-pyrrole nitrogens is 1. The molecule has 0 spiro atoms. The molecule has 0 aliphatic heterocycles. The summed E-state index contributed by atoms with van der Waals surface area (Å²) in [5, 5.41) is 15.8. The van der Waals surface area contributed by atoms with Crippen LogP contribution in [0, 0.1) is 4.91 Å². The van der Waals surface area contributed by atoms with Crippen molar-refractivity contribution in [2.45, 2.75) is 26.8 Å². The van der Waals surface area contributed by atoms with Crippen molar-refractivity contribution in [3.05, 3.63) is 67.8 Å². The van der Waals surface area contributed by atoms with Gasteiger partial charge in [0.1, 0.15) is 17.2 Å². The zero-order valence-electron chi connectivity index (χ0n) is 15.6. The van der Waals surface area contributed by atoms with Crippen LogP contribution in [0.25, 0.3) is 12.2 Å². The van der Waals surface area contributed by atoms with Crippen LogP contribution >= 0.6 is 15.9 Å². The van der Waals surface area contributed by atoms with E-state index < -0.39 is 0 Å². The Hall–Kier alpha value is -2.67. The summed E-state index contributed by atoms with van der Waals surface area (Å²) in [7, 11) is 1.56. The first-order chi connectivity index (χ1) is 12.8. The number of hydrogen-bond donors (Lipinski definition) is 2. The molecule has 2 aromatic rings. The number of nitroso groups, excluding NO2 is 1. The van der Waals surface area contributed by atoms with Gasteiger partial charge in [0.05, 0.1) is 23.3 Å². The summed E-state index contributed by atoms with van der Waals surface area (Å²) < 4.78 is 5.90. The number of methoxy groups -OCH3 is 1. The van der Waals surface area contributed by atoms with E-state index in [9.17, 15) is 10.0 Å². The highest BCUT2D eigenvalue weighted by Crippen LogP contribution is 2.22. The molecule has 0 aliphatic carbocycles. The zero-order chi connectivity index (χ0) is 20.0. The quantitative estimate of drug-likeness (QED) is 0.305. The van der Waals surface area contributed by atoms with E-state index in [-0.39, 0.29) is 12.3 Å². The first-order valence-electron chi connectivity index (χ1n) is 8.45. The Bertz CT molecular complexity index is 1010. The number of ether oxygens (including phenoxy) is 1. The molecule has 1 aromatic heterocycles. The summed E-state index contributed by atoms with van der Waals surface area (Å²) in [5.41, 5.74) is 1.75. The molecule has 0 aliphatic rings. The van der Waals surface area contributed by atoms with Crippen molar-refractivity contribution in [1.82, 2.24) is 4.98 Å². The molecule has 27 heavy (non-hydrogen) atoms. The Morgan fingerprint density at radius 1 is 1.44 bits per heavy atom. The van der Waals surface area contributed by atoms with Crippen LogP contribution in [-0.4, -0.2) is 27.8 Å². The van der Waals surface area contributed by atoms with E-state index >= 15 is 0 Å². The molecule has 0 radical (unpaired) electrons. The summed E-state index contributed by atoms with van der Waals surface area (Å²) in [6, 6.07) is 6.83. The van der Waals surface area contributed by atoms with Crippen LogP contribution in [0.3, 0.4) is 0 Å². The number of aromatic nitrogens is 1. The van der Waals surface area contributed by atoms with Gasteiger partial charge in [0.2, 0.25) is 0 Å². The Morgan fingerprint density at radius 3 is 2.85 bits per heavy atom. The van der Waals surface area contributed by atoms with Gasteiger partial charge >= 0.3 is 0 Å². The molecule has 142 valence electrons. The monoisotopic (exact) mass is 432 g/mol. The number of allylic oxidation sites excluding steroid dienone is 1. The van der Waals surface area contributed by atoms with Gasteiger partial charge < -0.3 is 14.8 Å². The molecule has 0 saturated carbocycles. The normalized spacial score (nSPS) is 13.1. The van der Waals surface area contributed by atoms with Crippen LogP contribution in [-0.2, 0) is 11.3 Å². The highest BCUT2D eigenvalue weighted by atomic mass is 79.9. The minimum absolute atomic E-state index is 0.0570. The summed E-state index contributed by atoms with van der Waals surface area (Å²) in [4.78, 5) is 16.1. The van der Waals surface area contributed by atoms with Crippen molar-refractivity contribution >= 4 is 33.8 Å². The van der Waals surface area contributed by atoms with Crippen molar-refractivity contribution in [3.63, 3.8) is 0 Å². The maximum Gasteiger partial charge on any atom is 0.256 e. The van der Waals surface area contributed by atoms with E-state index in [1.807, 2.05) is 25.1 Å². The smallest absolute Gasteiger partial charge is 0.256 e. The number of aromatic amines is 1. The van der Waals surface area contributed by atoms with Gasteiger partial charge in [0.25, 0.3) is 6.54 Å². The van der Waals surface area contributed by atoms with Gasteiger partial charge in [0.15, 0.2) is 4.87 Å². The molecule has 0 fully saturated rings. The molecule has 0 saturated heterocycles. The average Bonchev–Trinajstić information content (AvgIpc) is 3.01. The number of nitrogens with zero attached hydrogens (tertiary/aromatic N) is 2. The SMILES string of the molecule is C=C(C=c1cc(C(C)=N[N+](=O)Cc2cc(Br)ccc2O)[nH]c1=CCC)OC. The predicted octanol–water partition coefficient (Wildman–Crippen LogP) is 3.32. The molecule has 2 N–H and O–H groups in total. The molecular weight excluding hydrogens is 410 g/mol. The van der Waals surface area contributed by atoms with Crippen LogP contribution in [0.15, 0.2) is 46.2 Å². The van der Waals surface area contributed by atoms with Crippen LogP contribution < -0.4 is 10.6 Å². The van der Waals surface area contributed by atoms with Gasteiger partial charge in [-0.25, -0.2) is 0 Å². The third kappa shape index (κ3) is 5.65. The number of rotatable bonds is 7. The van der Waals surface area contributed by atoms with Gasteiger partial charge in [-0.3, -0.25) is 0 Å². The minimum Gasteiger partial charge on any atom is -0.507 e. The Morgan fingerprint density at radius 2 is 2.19 bits per heavy atom. The number of nitrogens with one attached hydrogen (secondary N) is 1. The Kier molecular flexibility index (Phi) is 7.12. The molecule has 2 rings (SSSR count). The summed E-state index contributed by atoms with van der Waals surface area (Å²) in [6.45, 7) is 7.55. The van der Waals surface area contributed by atoms with Gasteiger partial charge in [-0.15, -0.1) is 0 Å². The predicted molar refractivity (Wildman–Crippen MR) is 111 cm³/mol. The zero-order valence-corrected chi connectivity index (χ0v) is 17.2. The van der Waals surface area contributed by atoms with Gasteiger partial charge in [0, 0.05) is 20.1 Å². The van der Waals surface area contributed by atoms with Crippen LogP contribution in [0.5, 0.6) is 5.75 Å². The van der Waals surface area contributed by atoms with Gasteiger partial charge in [-0.2, -0.15) is 0 Å². The number of phenolic OH excluding ortho intramolecular Hbond substituents is 1. The lowest BCUT2D eigenvalue weighted by Gasteiger charge is -1.98. The number of hydrazone groups is 1. The van der Waals surface area contributed by atoms with E-state index in [2.05, 4.69) is 32.6 Å². The molecule has 7 heteroatoms. The Labute approximate surface area is 166 Å². The maximum atomic E-state index is 12.2. The minimum atomic E-state index is -0.0588. The molecular formula is C20H23BrN3O3+. The number of halogens is 1. The molecule has 0 bridgehead atoms. The number of aromatic hydroxyl groups is 1. The second-order valence-electron chi connectivity index (χ2n) is 5.95.